The van der Waals surface area contributed by atoms with Crippen LogP contribution in [0.5, 0.6) is 0 Å². The van der Waals surface area contributed by atoms with Crippen LogP contribution >= 0.6 is 0 Å². The van der Waals surface area contributed by atoms with Crippen LogP contribution in [0.2, 0.25) is 0 Å². The van der Waals surface area contributed by atoms with Crippen molar-refractivity contribution >= 4 is 0 Å². The number of aliphatic hydroxyl groups excluding tert-OH is 1. The number of H-pyrrole nitrogens is 1. The molecular formula is C19H37N2O+. The van der Waals surface area contributed by atoms with Crippen LogP contribution in [0.15, 0.2) is 12.4 Å². The van der Waals surface area contributed by atoms with Gasteiger partial charge in [0.2, 0.25) is 0 Å². The predicted molar refractivity (Wildman–Crippen MR) is 92.7 cm³/mol. The maximum atomic E-state index is 9.63. The Morgan fingerprint density at radius 3 is 1.91 bits per heavy atom. The van der Waals surface area contributed by atoms with Crippen molar-refractivity contribution in [2.75, 3.05) is 0 Å². The molecule has 0 aliphatic carbocycles. The van der Waals surface area contributed by atoms with Gasteiger partial charge in [0.05, 0.1) is 6.54 Å². The van der Waals surface area contributed by atoms with Gasteiger partial charge in [0, 0.05) is 0 Å². The number of nitrogens with one attached hydrogen (secondary N) is 1. The highest BCUT2D eigenvalue weighted by atomic mass is 16.3. The van der Waals surface area contributed by atoms with Gasteiger partial charge in [-0.1, -0.05) is 71.1 Å². The van der Waals surface area contributed by atoms with Crippen LogP contribution in [0, 0.1) is 0 Å². The third kappa shape index (κ3) is 8.57. The first-order chi connectivity index (χ1) is 10.8. The molecule has 0 saturated heterocycles. The Morgan fingerprint density at radius 1 is 0.909 bits per heavy atom. The van der Waals surface area contributed by atoms with Crippen molar-refractivity contribution in [2.24, 2.45) is 0 Å². The quantitative estimate of drug-likeness (QED) is 0.366. The van der Waals surface area contributed by atoms with Crippen LogP contribution < -0.4 is 4.57 Å². The van der Waals surface area contributed by atoms with E-state index >= 15 is 0 Å². The van der Waals surface area contributed by atoms with Gasteiger partial charge in [-0.3, -0.25) is 0 Å². The Hall–Kier alpha value is -0.830. The highest BCUT2D eigenvalue weighted by Crippen LogP contribution is 2.12. The molecule has 3 heteroatoms. The number of aromatic amines is 1. The zero-order chi connectivity index (χ0) is 16.0. The Labute approximate surface area is 137 Å². The normalized spacial score (nSPS) is 12.7. The van der Waals surface area contributed by atoms with E-state index in [0.717, 1.165) is 12.4 Å². The molecule has 22 heavy (non-hydrogen) atoms. The first-order valence-corrected chi connectivity index (χ1v) is 9.50. The molecule has 3 nitrogen and oxygen atoms in total. The summed E-state index contributed by atoms with van der Waals surface area (Å²) in [5.41, 5.74) is 0. The predicted octanol–water partition coefficient (Wildman–Crippen LogP) is 5.06. The third-order valence-electron chi connectivity index (χ3n) is 4.44. The minimum atomic E-state index is -0.410. The summed E-state index contributed by atoms with van der Waals surface area (Å²) < 4.78 is 2.14. The van der Waals surface area contributed by atoms with E-state index < -0.39 is 6.10 Å². The average Bonchev–Trinajstić information content (AvgIpc) is 2.97. The van der Waals surface area contributed by atoms with E-state index in [1.165, 1.54) is 77.0 Å². The third-order valence-corrected chi connectivity index (χ3v) is 4.44. The Morgan fingerprint density at radius 2 is 1.41 bits per heavy atom. The lowest BCUT2D eigenvalue weighted by molar-refractivity contribution is -0.706. The number of hydrogen-bond acceptors (Lipinski definition) is 1. The SMILES string of the molecule is CCCCCCCCCCCCCC[n+]1cc[nH]c1C(C)O. The molecule has 0 aromatic carbocycles. The van der Waals surface area contributed by atoms with E-state index in [1.807, 2.05) is 19.3 Å². The number of aromatic nitrogens is 2. The fourth-order valence-corrected chi connectivity index (χ4v) is 3.05. The van der Waals surface area contributed by atoms with E-state index in [2.05, 4.69) is 16.5 Å². The van der Waals surface area contributed by atoms with Crippen LogP contribution in [0.1, 0.15) is 103 Å². The first-order valence-electron chi connectivity index (χ1n) is 9.50. The minimum absolute atomic E-state index is 0.410. The topological polar surface area (TPSA) is 39.9 Å². The number of nitrogens with zero attached hydrogens (tertiary/aromatic N) is 1. The second-order valence-electron chi connectivity index (χ2n) is 6.60. The van der Waals surface area contributed by atoms with E-state index in [-0.39, 0.29) is 0 Å². The number of aryl methyl sites for hydroxylation is 1. The number of imidazole rings is 1. The number of aliphatic hydroxyl groups is 1. The van der Waals surface area contributed by atoms with E-state index in [9.17, 15) is 5.11 Å². The van der Waals surface area contributed by atoms with Gasteiger partial charge in [-0.05, 0) is 19.8 Å². The molecule has 1 heterocycles. The summed E-state index contributed by atoms with van der Waals surface area (Å²) >= 11 is 0. The molecule has 0 amide bonds. The smallest absolute Gasteiger partial charge is 0.283 e. The van der Waals surface area contributed by atoms with Gasteiger partial charge in [0.15, 0.2) is 6.10 Å². The molecule has 1 aromatic rings. The van der Waals surface area contributed by atoms with Crippen molar-refractivity contribution in [3.05, 3.63) is 18.2 Å². The maximum absolute atomic E-state index is 9.63. The number of unbranched alkanes of at least 4 members (excludes halogenated alkanes) is 11. The zero-order valence-corrected chi connectivity index (χ0v) is 14.8. The fraction of sp³-hybridized carbons (Fsp3) is 0.842. The average molecular weight is 310 g/mol. The molecule has 0 bridgehead atoms. The van der Waals surface area contributed by atoms with E-state index in [0.29, 0.717) is 0 Å². The summed E-state index contributed by atoms with van der Waals surface area (Å²) in [4.78, 5) is 3.11. The summed E-state index contributed by atoms with van der Waals surface area (Å²) in [6, 6.07) is 0. The monoisotopic (exact) mass is 309 g/mol. The summed E-state index contributed by atoms with van der Waals surface area (Å²) in [6.45, 7) is 5.10. The lowest BCUT2D eigenvalue weighted by Gasteiger charge is -2.04. The molecule has 128 valence electrons. The van der Waals surface area contributed by atoms with Gasteiger partial charge in [-0.25, -0.2) is 9.55 Å². The minimum Gasteiger partial charge on any atom is -0.381 e. The lowest BCUT2D eigenvalue weighted by atomic mass is 10.1. The first kappa shape index (κ1) is 19.2. The van der Waals surface area contributed by atoms with Crippen molar-refractivity contribution in [3.8, 4) is 0 Å². The summed E-state index contributed by atoms with van der Waals surface area (Å²) in [5.74, 6) is 0.920. The molecule has 1 atom stereocenters. The maximum Gasteiger partial charge on any atom is 0.283 e. The van der Waals surface area contributed by atoms with Crippen molar-refractivity contribution in [1.82, 2.24) is 4.98 Å². The Bertz CT molecular complexity index is 360. The van der Waals surface area contributed by atoms with Crippen LogP contribution in [-0.4, -0.2) is 10.1 Å². The molecule has 0 aliphatic heterocycles. The summed E-state index contributed by atoms with van der Waals surface area (Å²) in [5, 5.41) is 9.63. The second kappa shape index (κ2) is 12.7. The van der Waals surface area contributed by atoms with Crippen LogP contribution in [0.3, 0.4) is 0 Å². The zero-order valence-electron chi connectivity index (χ0n) is 14.8. The molecule has 1 aromatic heterocycles. The fourth-order valence-electron chi connectivity index (χ4n) is 3.05. The van der Waals surface area contributed by atoms with Gasteiger partial charge >= 0.3 is 0 Å². The van der Waals surface area contributed by atoms with Gasteiger partial charge in [0.1, 0.15) is 12.4 Å². The van der Waals surface area contributed by atoms with Crippen molar-refractivity contribution < 1.29 is 9.67 Å². The lowest BCUT2D eigenvalue weighted by Crippen LogP contribution is -2.37. The van der Waals surface area contributed by atoms with Crippen LogP contribution in [0.25, 0.3) is 0 Å². The molecule has 1 unspecified atom stereocenters. The molecule has 0 radical (unpaired) electrons. The molecule has 0 fully saturated rings. The molecule has 1 rings (SSSR count). The number of rotatable bonds is 14. The Kier molecular flexibility index (Phi) is 11.1. The van der Waals surface area contributed by atoms with Crippen molar-refractivity contribution in [3.63, 3.8) is 0 Å². The largest absolute Gasteiger partial charge is 0.381 e. The van der Waals surface area contributed by atoms with E-state index in [4.69, 9.17) is 0 Å². The number of hydrogen-bond donors (Lipinski definition) is 2. The van der Waals surface area contributed by atoms with Crippen LogP contribution in [0.4, 0.5) is 0 Å². The highest BCUT2D eigenvalue weighted by Gasteiger charge is 2.15. The van der Waals surface area contributed by atoms with Gasteiger partial charge in [-0.15, -0.1) is 0 Å². The molecular weight excluding hydrogens is 272 g/mol. The standard InChI is InChI=1S/C19H36N2O/c1-3-4-5-6-7-8-9-10-11-12-13-14-16-21-17-15-20-19(21)18(2)22/h15,17-18,22H,3-14,16H2,1-2H3/p+1. The second-order valence-corrected chi connectivity index (χ2v) is 6.60. The van der Waals surface area contributed by atoms with Crippen molar-refractivity contribution in [1.29, 1.82) is 0 Å². The molecule has 0 spiro atoms. The van der Waals surface area contributed by atoms with Gasteiger partial charge < -0.3 is 5.11 Å². The Balaban J connectivity index is 1.88. The molecule has 0 aliphatic rings. The van der Waals surface area contributed by atoms with Gasteiger partial charge in [-0.2, -0.15) is 0 Å². The summed E-state index contributed by atoms with van der Waals surface area (Å²) in [7, 11) is 0. The van der Waals surface area contributed by atoms with Gasteiger partial charge in [0.25, 0.3) is 5.82 Å². The van der Waals surface area contributed by atoms with Crippen molar-refractivity contribution in [2.45, 2.75) is 104 Å². The molecule has 0 saturated carbocycles. The van der Waals surface area contributed by atoms with E-state index in [1.54, 1.807) is 0 Å². The molecule has 2 N–H and O–H groups in total. The highest BCUT2D eigenvalue weighted by molar-refractivity contribution is 4.80. The summed E-state index contributed by atoms with van der Waals surface area (Å²) in [6.07, 6.45) is 20.1. The van der Waals surface area contributed by atoms with Crippen LogP contribution in [-0.2, 0) is 6.54 Å².